The van der Waals surface area contributed by atoms with Crippen molar-refractivity contribution in [2.75, 3.05) is 13.2 Å². The van der Waals surface area contributed by atoms with Gasteiger partial charge >= 0.3 is 5.97 Å². The number of hydrogen-bond donors (Lipinski definition) is 3. The van der Waals surface area contributed by atoms with Gasteiger partial charge in [0.15, 0.2) is 0 Å². The van der Waals surface area contributed by atoms with Gasteiger partial charge in [-0.2, -0.15) is 0 Å². The molecule has 6 heteroatoms. The summed E-state index contributed by atoms with van der Waals surface area (Å²) < 4.78 is 5.17. The van der Waals surface area contributed by atoms with Gasteiger partial charge in [-0.1, -0.05) is 30.3 Å². The Kier molecular flexibility index (Phi) is 6.56. The Morgan fingerprint density at radius 1 is 1.26 bits per heavy atom. The quantitative estimate of drug-likeness (QED) is 0.623. The normalized spacial score (nSPS) is 11.8. The second-order valence-electron chi connectivity index (χ2n) is 3.95. The van der Waals surface area contributed by atoms with E-state index in [0.717, 1.165) is 5.56 Å². The first kappa shape index (κ1) is 15.1. The number of ether oxygens (including phenoxy) is 1. The standard InChI is InChI=1S/C13H17NO5/c15-7-6-11(13(17)18)14-12(16)9-19-8-10-4-2-1-3-5-10/h1-5,11,15H,6-9H2,(H,14,16)(H,17,18)/t11-/m0/s1. The predicted octanol–water partition coefficient (Wildman–Crippen LogP) is 0.155. The molecule has 19 heavy (non-hydrogen) atoms. The molecule has 1 aromatic carbocycles. The molecular weight excluding hydrogens is 250 g/mol. The maximum atomic E-state index is 11.4. The van der Waals surface area contributed by atoms with Gasteiger partial charge in [0.05, 0.1) is 6.61 Å². The van der Waals surface area contributed by atoms with Crippen LogP contribution in [0, 0.1) is 0 Å². The molecule has 0 saturated carbocycles. The van der Waals surface area contributed by atoms with Crippen LogP contribution in [-0.4, -0.2) is 41.3 Å². The van der Waals surface area contributed by atoms with Crippen LogP contribution in [0.5, 0.6) is 0 Å². The highest BCUT2D eigenvalue weighted by Crippen LogP contribution is 2.00. The number of rotatable bonds is 8. The van der Waals surface area contributed by atoms with Crippen LogP contribution >= 0.6 is 0 Å². The molecule has 1 amide bonds. The van der Waals surface area contributed by atoms with Crippen LogP contribution in [0.2, 0.25) is 0 Å². The first-order valence-electron chi connectivity index (χ1n) is 5.88. The topological polar surface area (TPSA) is 95.9 Å². The summed E-state index contributed by atoms with van der Waals surface area (Å²) in [6.07, 6.45) is -0.0280. The summed E-state index contributed by atoms with van der Waals surface area (Å²) in [6.45, 7) is -0.238. The number of carboxylic acid groups (broad SMARTS) is 1. The van der Waals surface area contributed by atoms with E-state index in [1.165, 1.54) is 0 Å². The molecule has 1 rings (SSSR count). The molecule has 0 fully saturated rings. The molecule has 0 unspecified atom stereocenters. The number of carboxylic acids is 1. The van der Waals surface area contributed by atoms with Crippen molar-refractivity contribution in [1.29, 1.82) is 0 Å². The molecule has 6 nitrogen and oxygen atoms in total. The molecule has 0 aliphatic heterocycles. The number of aliphatic carboxylic acids is 1. The summed E-state index contributed by atoms with van der Waals surface area (Å²) in [5, 5.41) is 19.7. The Labute approximate surface area is 111 Å². The average Bonchev–Trinajstić information content (AvgIpc) is 2.39. The van der Waals surface area contributed by atoms with Crippen molar-refractivity contribution in [2.24, 2.45) is 0 Å². The van der Waals surface area contributed by atoms with Crippen LogP contribution in [0.3, 0.4) is 0 Å². The van der Waals surface area contributed by atoms with Gasteiger partial charge in [0.2, 0.25) is 5.91 Å². The Balaban J connectivity index is 2.29. The molecular formula is C13H17NO5. The molecule has 1 aromatic rings. The zero-order chi connectivity index (χ0) is 14.1. The van der Waals surface area contributed by atoms with Crippen molar-refractivity contribution in [2.45, 2.75) is 19.1 Å². The van der Waals surface area contributed by atoms with E-state index in [4.69, 9.17) is 14.9 Å². The van der Waals surface area contributed by atoms with Crippen molar-refractivity contribution >= 4 is 11.9 Å². The van der Waals surface area contributed by atoms with Crippen molar-refractivity contribution in [1.82, 2.24) is 5.32 Å². The minimum atomic E-state index is -1.18. The van der Waals surface area contributed by atoms with Crippen LogP contribution in [0.15, 0.2) is 30.3 Å². The third-order valence-electron chi connectivity index (χ3n) is 2.40. The van der Waals surface area contributed by atoms with E-state index in [-0.39, 0.29) is 26.2 Å². The molecule has 0 spiro atoms. The summed E-state index contributed by atoms with van der Waals surface area (Å²) in [5.41, 5.74) is 0.931. The summed E-state index contributed by atoms with van der Waals surface area (Å²) in [7, 11) is 0. The first-order valence-corrected chi connectivity index (χ1v) is 5.88. The van der Waals surface area contributed by atoms with E-state index < -0.39 is 17.9 Å². The molecule has 3 N–H and O–H groups in total. The lowest BCUT2D eigenvalue weighted by Gasteiger charge is -2.13. The van der Waals surface area contributed by atoms with Crippen molar-refractivity contribution < 1.29 is 24.5 Å². The van der Waals surface area contributed by atoms with E-state index in [9.17, 15) is 9.59 Å². The second kappa shape index (κ2) is 8.23. The molecule has 0 saturated heterocycles. The molecule has 0 radical (unpaired) electrons. The van der Waals surface area contributed by atoms with Crippen LogP contribution < -0.4 is 5.32 Å². The SMILES string of the molecule is O=C(COCc1ccccc1)N[C@@H](CCO)C(=O)O. The molecule has 0 heterocycles. The number of amides is 1. The number of nitrogens with one attached hydrogen (secondary N) is 1. The monoisotopic (exact) mass is 267 g/mol. The minimum Gasteiger partial charge on any atom is -0.480 e. The third-order valence-corrected chi connectivity index (χ3v) is 2.40. The Morgan fingerprint density at radius 2 is 1.95 bits per heavy atom. The lowest BCUT2D eigenvalue weighted by atomic mass is 10.2. The van der Waals surface area contributed by atoms with Gasteiger partial charge < -0.3 is 20.3 Å². The van der Waals surface area contributed by atoms with Crippen LogP contribution in [-0.2, 0) is 20.9 Å². The largest absolute Gasteiger partial charge is 0.480 e. The van der Waals surface area contributed by atoms with E-state index in [2.05, 4.69) is 5.32 Å². The molecule has 0 bridgehead atoms. The van der Waals surface area contributed by atoms with Crippen LogP contribution in [0.1, 0.15) is 12.0 Å². The highest BCUT2D eigenvalue weighted by Gasteiger charge is 2.18. The van der Waals surface area contributed by atoms with Gasteiger partial charge in [-0.25, -0.2) is 4.79 Å². The fraction of sp³-hybridized carbons (Fsp3) is 0.385. The van der Waals surface area contributed by atoms with E-state index in [1.54, 1.807) is 0 Å². The highest BCUT2D eigenvalue weighted by molar-refractivity contribution is 5.84. The van der Waals surface area contributed by atoms with Crippen molar-refractivity contribution in [3.8, 4) is 0 Å². The van der Waals surface area contributed by atoms with Gasteiger partial charge in [0.1, 0.15) is 12.6 Å². The summed E-state index contributed by atoms with van der Waals surface area (Å²) in [5.74, 6) is -1.69. The first-order chi connectivity index (χ1) is 9.13. The lowest BCUT2D eigenvalue weighted by molar-refractivity contribution is -0.143. The summed E-state index contributed by atoms with van der Waals surface area (Å²) in [6, 6.07) is 8.24. The number of aliphatic hydroxyl groups excluding tert-OH is 1. The Hall–Kier alpha value is -1.92. The number of hydrogen-bond acceptors (Lipinski definition) is 4. The smallest absolute Gasteiger partial charge is 0.326 e. The lowest BCUT2D eigenvalue weighted by Crippen LogP contribution is -2.43. The molecule has 0 aliphatic carbocycles. The van der Waals surface area contributed by atoms with Crippen molar-refractivity contribution in [3.63, 3.8) is 0 Å². The number of carbonyl (C=O) groups excluding carboxylic acids is 1. The maximum absolute atomic E-state index is 11.4. The molecule has 0 aliphatic rings. The van der Waals surface area contributed by atoms with Crippen LogP contribution in [0.25, 0.3) is 0 Å². The van der Waals surface area contributed by atoms with Gasteiger partial charge in [-0.15, -0.1) is 0 Å². The zero-order valence-electron chi connectivity index (χ0n) is 10.4. The minimum absolute atomic E-state index is 0.0280. The Bertz CT molecular complexity index is 407. The maximum Gasteiger partial charge on any atom is 0.326 e. The van der Waals surface area contributed by atoms with Gasteiger partial charge in [-0.05, 0) is 5.56 Å². The number of carbonyl (C=O) groups is 2. The second-order valence-corrected chi connectivity index (χ2v) is 3.95. The van der Waals surface area contributed by atoms with E-state index in [1.807, 2.05) is 30.3 Å². The molecule has 104 valence electrons. The Morgan fingerprint density at radius 3 is 2.53 bits per heavy atom. The average molecular weight is 267 g/mol. The number of benzene rings is 1. The summed E-state index contributed by atoms with van der Waals surface area (Å²) >= 11 is 0. The molecule has 1 atom stereocenters. The fourth-order valence-electron chi connectivity index (χ4n) is 1.46. The number of aliphatic hydroxyl groups is 1. The molecule has 0 aromatic heterocycles. The predicted molar refractivity (Wildman–Crippen MR) is 67.4 cm³/mol. The fourth-order valence-corrected chi connectivity index (χ4v) is 1.46. The van der Waals surface area contributed by atoms with Crippen LogP contribution in [0.4, 0.5) is 0 Å². The van der Waals surface area contributed by atoms with E-state index >= 15 is 0 Å². The highest BCUT2D eigenvalue weighted by atomic mass is 16.5. The van der Waals surface area contributed by atoms with Gasteiger partial charge in [-0.3, -0.25) is 4.79 Å². The van der Waals surface area contributed by atoms with Gasteiger partial charge in [0, 0.05) is 13.0 Å². The third kappa shape index (κ3) is 5.98. The van der Waals surface area contributed by atoms with Gasteiger partial charge in [0.25, 0.3) is 0 Å². The zero-order valence-corrected chi connectivity index (χ0v) is 10.4. The van der Waals surface area contributed by atoms with E-state index in [0.29, 0.717) is 0 Å². The van der Waals surface area contributed by atoms with Crippen molar-refractivity contribution in [3.05, 3.63) is 35.9 Å². The summed E-state index contributed by atoms with van der Waals surface area (Å²) in [4.78, 5) is 22.2.